The normalized spacial score (nSPS) is 19.5. The first-order chi connectivity index (χ1) is 39.2. The van der Waals surface area contributed by atoms with Gasteiger partial charge in [0.25, 0.3) is 0 Å². The van der Waals surface area contributed by atoms with E-state index < -0.39 is 67.4 Å². The van der Waals surface area contributed by atoms with Crippen LogP contribution in [0.1, 0.15) is 252 Å². The molecule has 0 aliphatic carbocycles. The van der Waals surface area contributed by atoms with Gasteiger partial charge in [0.15, 0.2) is 12.4 Å². The number of hydrogen-bond donors (Lipinski definition) is 6. The number of unbranched alkanes of at least 4 members (excludes halogenated alkanes) is 24. The summed E-state index contributed by atoms with van der Waals surface area (Å²) in [4.78, 5) is 26.5. The van der Waals surface area contributed by atoms with Crippen molar-refractivity contribution in [1.29, 1.82) is 0 Å². The van der Waals surface area contributed by atoms with E-state index in [-0.39, 0.29) is 19.4 Å². The number of hydrogen-bond acceptors (Lipinski definition) is 10. The van der Waals surface area contributed by atoms with Crippen molar-refractivity contribution in [2.45, 2.75) is 301 Å². The summed E-state index contributed by atoms with van der Waals surface area (Å²) >= 11 is 0. The first-order valence-electron chi connectivity index (χ1n) is 32.2. The van der Waals surface area contributed by atoms with Crippen LogP contribution in [0.5, 0.6) is 0 Å². The number of esters is 1. The second-order valence-electron chi connectivity index (χ2n) is 21.8. The van der Waals surface area contributed by atoms with Crippen LogP contribution in [0.2, 0.25) is 0 Å². The molecular weight excluding hydrogens is 1000 g/mol. The molecule has 80 heavy (non-hydrogen) atoms. The molecule has 8 unspecified atom stereocenters. The van der Waals surface area contributed by atoms with Gasteiger partial charge in [-0.3, -0.25) is 9.59 Å². The second kappa shape index (κ2) is 55.8. The van der Waals surface area contributed by atoms with Gasteiger partial charge in [-0.2, -0.15) is 0 Å². The van der Waals surface area contributed by atoms with Crippen LogP contribution in [0.25, 0.3) is 0 Å². The fourth-order valence-corrected chi connectivity index (χ4v) is 9.34. The summed E-state index contributed by atoms with van der Waals surface area (Å²) in [6, 6.07) is -1.07. The number of aliphatic hydroxyl groups excluding tert-OH is 5. The summed E-state index contributed by atoms with van der Waals surface area (Å²) in [5.41, 5.74) is 0. The zero-order chi connectivity index (χ0) is 58.2. The Kier molecular flexibility index (Phi) is 51.9. The summed E-state index contributed by atoms with van der Waals surface area (Å²) < 4.78 is 17.6. The molecule has 0 radical (unpaired) electrons. The van der Waals surface area contributed by atoms with E-state index in [0.29, 0.717) is 12.8 Å². The Morgan fingerprint density at radius 2 is 0.900 bits per heavy atom. The molecule has 11 nitrogen and oxygen atoms in total. The maximum absolute atomic E-state index is 13.4. The molecule has 1 fully saturated rings. The monoisotopic (exact) mass is 1120 g/mol. The van der Waals surface area contributed by atoms with Crippen molar-refractivity contribution >= 4 is 11.9 Å². The van der Waals surface area contributed by atoms with E-state index in [1.807, 2.05) is 18.2 Å². The zero-order valence-electron chi connectivity index (χ0n) is 50.7. The third-order valence-corrected chi connectivity index (χ3v) is 14.4. The molecule has 1 saturated heterocycles. The Morgan fingerprint density at radius 3 is 1.38 bits per heavy atom. The lowest BCUT2D eigenvalue weighted by Gasteiger charge is -2.41. The molecule has 1 aliphatic heterocycles. The van der Waals surface area contributed by atoms with Crippen LogP contribution < -0.4 is 5.32 Å². The highest BCUT2D eigenvalue weighted by molar-refractivity contribution is 5.81. The SMILES string of the molecule is CC/C=C\C/C=C\C/C=C\C/C=C\C/C=C\C/C=C\CC(O)C(=O)NC(COC1OC(CO)C(O)C(O)C1OC(=O)CCCCCCCCCCCCC/C=C\C/C=C\CCCCC)C(O)/C=C/CCCCCCCCCCCC. The Balaban J connectivity index is 2.70. The first-order valence-corrected chi connectivity index (χ1v) is 32.2. The highest BCUT2D eigenvalue weighted by atomic mass is 16.7. The van der Waals surface area contributed by atoms with Crippen molar-refractivity contribution in [2.75, 3.05) is 13.2 Å². The number of rotatable bonds is 53. The second-order valence-corrected chi connectivity index (χ2v) is 21.8. The third-order valence-electron chi connectivity index (χ3n) is 14.4. The molecule has 6 N–H and O–H groups in total. The summed E-state index contributed by atoms with van der Waals surface area (Å²) in [6.45, 7) is 5.60. The van der Waals surface area contributed by atoms with Crippen molar-refractivity contribution < 1.29 is 49.3 Å². The molecule has 1 rings (SSSR count). The van der Waals surface area contributed by atoms with Crippen LogP contribution in [0.4, 0.5) is 0 Å². The summed E-state index contributed by atoms with van der Waals surface area (Å²) in [5.74, 6) is -1.29. The van der Waals surface area contributed by atoms with Gasteiger partial charge in [-0.15, -0.1) is 0 Å². The summed E-state index contributed by atoms with van der Waals surface area (Å²) in [5, 5.41) is 56.9. The number of carbonyl (C=O) groups excluding carboxylic acids is 2. The highest BCUT2D eigenvalue weighted by Crippen LogP contribution is 2.26. The Morgan fingerprint density at radius 1 is 0.500 bits per heavy atom. The maximum atomic E-state index is 13.4. The molecule has 458 valence electrons. The Hall–Kier alpha value is -3.68. The third kappa shape index (κ3) is 43.1. The lowest BCUT2D eigenvalue weighted by molar-refractivity contribution is -0.305. The topological polar surface area (TPSA) is 175 Å². The molecule has 0 aromatic carbocycles. The molecule has 0 aromatic heterocycles. The molecule has 1 heterocycles. The van der Waals surface area contributed by atoms with Crippen molar-refractivity contribution in [2.24, 2.45) is 0 Å². The van der Waals surface area contributed by atoms with Crippen LogP contribution >= 0.6 is 0 Å². The minimum absolute atomic E-state index is 0.0532. The van der Waals surface area contributed by atoms with Crippen molar-refractivity contribution in [1.82, 2.24) is 5.32 Å². The van der Waals surface area contributed by atoms with Crippen LogP contribution in [-0.4, -0.2) is 99.6 Å². The number of amides is 1. The quantitative estimate of drug-likeness (QED) is 0.0195. The number of allylic oxidation sites excluding steroid dienone is 16. The van der Waals surface area contributed by atoms with Gasteiger partial charge in [0.2, 0.25) is 5.91 Å². The molecule has 1 amide bonds. The van der Waals surface area contributed by atoms with E-state index in [0.717, 1.165) is 89.9 Å². The fourth-order valence-electron chi connectivity index (χ4n) is 9.34. The van der Waals surface area contributed by atoms with Gasteiger partial charge in [0.05, 0.1) is 25.4 Å². The smallest absolute Gasteiger partial charge is 0.306 e. The molecule has 0 bridgehead atoms. The zero-order valence-corrected chi connectivity index (χ0v) is 50.7. The van der Waals surface area contributed by atoms with Crippen molar-refractivity contribution in [3.8, 4) is 0 Å². The van der Waals surface area contributed by atoms with Gasteiger partial charge in [0.1, 0.15) is 24.4 Å². The van der Waals surface area contributed by atoms with Gasteiger partial charge in [-0.1, -0.05) is 259 Å². The predicted octanol–water partition coefficient (Wildman–Crippen LogP) is 15.7. The summed E-state index contributed by atoms with van der Waals surface area (Å²) in [6.07, 6.45) is 65.7. The minimum Gasteiger partial charge on any atom is -0.454 e. The van der Waals surface area contributed by atoms with Crippen LogP contribution in [0.15, 0.2) is 109 Å². The largest absolute Gasteiger partial charge is 0.454 e. The van der Waals surface area contributed by atoms with Crippen molar-refractivity contribution in [3.63, 3.8) is 0 Å². The number of aliphatic hydroxyl groups is 5. The van der Waals surface area contributed by atoms with Crippen LogP contribution in [0.3, 0.4) is 0 Å². The van der Waals surface area contributed by atoms with E-state index in [1.54, 1.807) is 12.2 Å². The highest BCUT2D eigenvalue weighted by Gasteiger charge is 2.47. The van der Waals surface area contributed by atoms with Gasteiger partial charge in [-0.05, 0) is 89.9 Å². The molecule has 8 atom stereocenters. The van der Waals surface area contributed by atoms with E-state index in [9.17, 15) is 35.1 Å². The van der Waals surface area contributed by atoms with Gasteiger partial charge in [0, 0.05) is 12.8 Å². The van der Waals surface area contributed by atoms with E-state index in [1.165, 1.54) is 116 Å². The molecule has 1 aliphatic rings. The molecule has 11 heteroatoms. The Bertz CT molecular complexity index is 1710. The van der Waals surface area contributed by atoms with Crippen LogP contribution in [-0.2, 0) is 23.8 Å². The van der Waals surface area contributed by atoms with Gasteiger partial charge >= 0.3 is 5.97 Å². The van der Waals surface area contributed by atoms with E-state index in [4.69, 9.17) is 14.2 Å². The molecule has 0 spiro atoms. The predicted molar refractivity (Wildman–Crippen MR) is 333 cm³/mol. The van der Waals surface area contributed by atoms with Gasteiger partial charge in [-0.25, -0.2) is 0 Å². The van der Waals surface area contributed by atoms with Crippen molar-refractivity contribution in [3.05, 3.63) is 109 Å². The first kappa shape index (κ1) is 74.3. The summed E-state index contributed by atoms with van der Waals surface area (Å²) in [7, 11) is 0. The van der Waals surface area contributed by atoms with Crippen LogP contribution in [0, 0.1) is 0 Å². The molecule has 0 aromatic rings. The fraction of sp³-hybridized carbons (Fsp3) is 0.710. The average molecular weight is 1120 g/mol. The standard InChI is InChI=1S/C69H117NO10/c1-4-7-10-13-16-19-22-25-27-29-31-32-33-35-37-39-42-45-48-51-54-57-64(74)80-67-66(76)65(75)63(58-71)79-69(67)78-59-60(61(72)55-52-49-46-43-40-24-21-18-15-12-9-6-3)70-68(77)62(73)56-53-50-47-44-41-38-36-34-30-28-26-23-20-17-14-11-8-5-2/h8,11,16-17,19-20,25-28,34,36,41,44,50,52-53,55,60-63,65-67,69,71-73,75-76H,4-7,9-10,12-15,18,21-24,29-33,35,37-40,42-43,45-49,51,54,56-59H2,1-3H3,(H,70,77)/b11-8-,19-16-,20-17-,27-25-,28-26-,36-34-,44-41-,53-50-,55-52+. The number of nitrogens with one attached hydrogen (secondary N) is 1. The minimum atomic E-state index is -1.63. The maximum Gasteiger partial charge on any atom is 0.306 e. The molecule has 0 saturated carbocycles. The number of carbonyl (C=O) groups is 2. The van der Waals surface area contributed by atoms with E-state index >= 15 is 0 Å². The molecular formula is C69H117NO10. The number of ether oxygens (including phenoxy) is 3. The lowest BCUT2D eigenvalue weighted by atomic mass is 9.99. The Labute approximate surface area is 488 Å². The van der Waals surface area contributed by atoms with E-state index in [2.05, 4.69) is 105 Å². The average Bonchev–Trinajstić information content (AvgIpc) is 3.45. The van der Waals surface area contributed by atoms with Gasteiger partial charge < -0.3 is 45.1 Å². The lowest BCUT2D eigenvalue weighted by Crippen LogP contribution is -2.61.